The van der Waals surface area contributed by atoms with E-state index < -0.39 is 5.54 Å². The maximum absolute atomic E-state index is 12.9. The molecule has 0 saturated heterocycles. The third-order valence-corrected chi connectivity index (χ3v) is 4.83. The predicted octanol–water partition coefficient (Wildman–Crippen LogP) is 4.84. The zero-order valence-corrected chi connectivity index (χ0v) is 15.5. The van der Waals surface area contributed by atoms with Crippen LogP contribution in [0.15, 0.2) is 59.6 Å². The molecule has 1 aliphatic heterocycles. The van der Waals surface area contributed by atoms with Crippen LogP contribution in [0, 0.1) is 5.92 Å². The summed E-state index contributed by atoms with van der Waals surface area (Å²) in [7, 11) is 0. The lowest BCUT2D eigenvalue weighted by atomic mass is 9.79. The van der Waals surface area contributed by atoms with Gasteiger partial charge in [0.1, 0.15) is 0 Å². The van der Waals surface area contributed by atoms with Crippen molar-refractivity contribution in [2.24, 2.45) is 10.9 Å². The van der Waals surface area contributed by atoms with Crippen molar-refractivity contribution in [3.8, 4) is 0 Å². The number of carbonyl (C=O) groups excluding carboxylic acids is 1. The number of nitrogens with zero attached hydrogens (tertiary/aromatic N) is 1. The molecule has 2 aromatic carbocycles. The predicted molar refractivity (Wildman–Crippen MR) is 101 cm³/mol. The average Bonchev–Trinajstić information content (AvgIpc) is 2.94. The van der Waals surface area contributed by atoms with Crippen molar-refractivity contribution in [1.82, 2.24) is 0 Å². The molecule has 1 atom stereocenters. The molecule has 0 bridgehead atoms. The molecule has 3 heteroatoms. The summed E-state index contributed by atoms with van der Waals surface area (Å²) in [5.74, 6) is 0.0887. The van der Waals surface area contributed by atoms with E-state index >= 15 is 0 Å². The number of aliphatic imine (C=N–C) groups is 1. The maximum atomic E-state index is 12.9. The number of hydrogen-bond acceptors (Lipinski definition) is 3. The SMILES string of the molecule is CC(C)[C@]1(c2ccc(C(C)(C)C)cc2)N=C(c2ccccc2)OC1=O. The summed E-state index contributed by atoms with van der Waals surface area (Å²) < 4.78 is 5.59. The molecule has 130 valence electrons. The van der Waals surface area contributed by atoms with Gasteiger partial charge >= 0.3 is 5.97 Å². The summed E-state index contributed by atoms with van der Waals surface area (Å²) in [5.41, 5.74) is 2.02. The molecule has 0 saturated carbocycles. The Balaban J connectivity index is 2.08. The fourth-order valence-electron chi connectivity index (χ4n) is 3.20. The van der Waals surface area contributed by atoms with E-state index in [9.17, 15) is 4.79 Å². The standard InChI is InChI=1S/C22H25NO2/c1-15(2)22(18-13-11-17(12-14-18)21(3,4)5)20(24)25-19(23-22)16-9-7-6-8-10-16/h6-15H,1-5H3/t22-/m1/s1. The smallest absolute Gasteiger partial charge is 0.345 e. The van der Waals surface area contributed by atoms with Crippen molar-refractivity contribution in [2.45, 2.75) is 45.6 Å². The van der Waals surface area contributed by atoms with Crippen LogP contribution in [0.5, 0.6) is 0 Å². The Bertz CT molecular complexity index is 798. The van der Waals surface area contributed by atoms with E-state index in [-0.39, 0.29) is 17.3 Å². The van der Waals surface area contributed by atoms with Crippen LogP contribution in [0.2, 0.25) is 0 Å². The molecule has 0 spiro atoms. The van der Waals surface area contributed by atoms with Crippen molar-refractivity contribution >= 4 is 11.9 Å². The van der Waals surface area contributed by atoms with Crippen LogP contribution < -0.4 is 0 Å². The number of cyclic esters (lactones) is 1. The van der Waals surface area contributed by atoms with Crippen LogP contribution in [-0.4, -0.2) is 11.9 Å². The van der Waals surface area contributed by atoms with E-state index in [0.717, 1.165) is 11.1 Å². The van der Waals surface area contributed by atoms with Gasteiger partial charge in [0, 0.05) is 5.56 Å². The Morgan fingerprint density at radius 3 is 2.08 bits per heavy atom. The highest BCUT2D eigenvalue weighted by Gasteiger charge is 2.50. The van der Waals surface area contributed by atoms with Crippen LogP contribution >= 0.6 is 0 Å². The summed E-state index contributed by atoms with van der Waals surface area (Å²) in [4.78, 5) is 17.6. The Kier molecular flexibility index (Phi) is 4.28. The summed E-state index contributed by atoms with van der Waals surface area (Å²) in [5, 5.41) is 0. The second-order valence-electron chi connectivity index (χ2n) is 7.92. The van der Waals surface area contributed by atoms with Gasteiger partial charge in [0.25, 0.3) is 0 Å². The van der Waals surface area contributed by atoms with E-state index in [1.165, 1.54) is 5.56 Å². The number of benzene rings is 2. The third-order valence-electron chi connectivity index (χ3n) is 4.83. The minimum Gasteiger partial charge on any atom is -0.405 e. The van der Waals surface area contributed by atoms with Crippen LogP contribution in [-0.2, 0) is 20.5 Å². The van der Waals surface area contributed by atoms with Crippen molar-refractivity contribution in [2.75, 3.05) is 0 Å². The van der Waals surface area contributed by atoms with E-state index in [1.54, 1.807) is 0 Å². The Hall–Kier alpha value is -2.42. The summed E-state index contributed by atoms with van der Waals surface area (Å²) in [6.45, 7) is 10.5. The molecular formula is C22H25NO2. The molecule has 1 heterocycles. The molecule has 0 N–H and O–H groups in total. The highest BCUT2D eigenvalue weighted by atomic mass is 16.6. The monoisotopic (exact) mass is 335 g/mol. The topological polar surface area (TPSA) is 38.7 Å². The third kappa shape index (κ3) is 2.99. The van der Waals surface area contributed by atoms with Crippen LogP contribution in [0.4, 0.5) is 0 Å². The molecular weight excluding hydrogens is 310 g/mol. The van der Waals surface area contributed by atoms with E-state index in [0.29, 0.717) is 5.90 Å². The summed E-state index contributed by atoms with van der Waals surface area (Å²) >= 11 is 0. The quantitative estimate of drug-likeness (QED) is 0.753. The largest absolute Gasteiger partial charge is 0.405 e. The zero-order chi connectivity index (χ0) is 18.2. The number of rotatable bonds is 3. The van der Waals surface area contributed by atoms with Crippen molar-refractivity contribution in [3.63, 3.8) is 0 Å². The fourth-order valence-corrected chi connectivity index (χ4v) is 3.20. The lowest BCUT2D eigenvalue weighted by Crippen LogP contribution is -2.36. The minimum absolute atomic E-state index is 0.0123. The number of hydrogen-bond donors (Lipinski definition) is 0. The zero-order valence-electron chi connectivity index (χ0n) is 15.5. The fraction of sp³-hybridized carbons (Fsp3) is 0.364. The van der Waals surface area contributed by atoms with Gasteiger partial charge in [0.05, 0.1) is 0 Å². The molecule has 0 aromatic heterocycles. The van der Waals surface area contributed by atoms with Gasteiger partial charge in [-0.25, -0.2) is 9.79 Å². The maximum Gasteiger partial charge on any atom is 0.345 e. The molecule has 3 rings (SSSR count). The molecule has 2 aromatic rings. The van der Waals surface area contributed by atoms with Crippen molar-refractivity contribution in [1.29, 1.82) is 0 Å². The average molecular weight is 335 g/mol. The van der Waals surface area contributed by atoms with Crippen molar-refractivity contribution < 1.29 is 9.53 Å². The second-order valence-corrected chi connectivity index (χ2v) is 7.92. The van der Waals surface area contributed by atoms with Gasteiger partial charge in [-0.2, -0.15) is 0 Å². The van der Waals surface area contributed by atoms with Gasteiger partial charge in [-0.05, 0) is 34.6 Å². The van der Waals surface area contributed by atoms with Gasteiger partial charge in [0.2, 0.25) is 5.90 Å². The van der Waals surface area contributed by atoms with Crippen LogP contribution in [0.1, 0.15) is 51.3 Å². The first kappa shape index (κ1) is 17.4. The second kappa shape index (κ2) is 6.14. The molecule has 1 aliphatic rings. The Labute approximate surface area is 149 Å². The minimum atomic E-state index is -0.985. The lowest BCUT2D eigenvalue weighted by Gasteiger charge is -2.28. The van der Waals surface area contributed by atoms with Gasteiger partial charge in [-0.1, -0.05) is 77.1 Å². The number of ether oxygens (including phenoxy) is 1. The molecule has 0 amide bonds. The highest BCUT2D eigenvalue weighted by molar-refractivity contribution is 6.08. The molecule has 0 aliphatic carbocycles. The van der Waals surface area contributed by atoms with Crippen LogP contribution in [0.3, 0.4) is 0 Å². The Morgan fingerprint density at radius 2 is 1.56 bits per heavy atom. The van der Waals surface area contributed by atoms with E-state index in [2.05, 4.69) is 32.9 Å². The highest BCUT2D eigenvalue weighted by Crippen LogP contribution is 2.40. The first-order valence-electron chi connectivity index (χ1n) is 8.74. The lowest BCUT2D eigenvalue weighted by molar-refractivity contribution is -0.141. The molecule has 0 unspecified atom stereocenters. The summed E-state index contributed by atoms with van der Waals surface area (Å²) in [6, 6.07) is 17.8. The van der Waals surface area contributed by atoms with E-state index in [1.807, 2.05) is 56.3 Å². The number of carbonyl (C=O) groups is 1. The molecule has 25 heavy (non-hydrogen) atoms. The first-order valence-corrected chi connectivity index (χ1v) is 8.74. The van der Waals surface area contributed by atoms with E-state index in [4.69, 9.17) is 9.73 Å². The number of esters is 1. The molecule has 3 nitrogen and oxygen atoms in total. The van der Waals surface area contributed by atoms with Gasteiger partial charge in [-0.15, -0.1) is 0 Å². The Morgan fingerprint density at radius 1 is 0.960 bits per heavy atom. The molecule has 0 fully saturated rings. The first-order chi connectivity index (χ1) is 11.7. The van der Waals surface area contributed by atoms with Crippen LogP contribution in [0.25, 0.3) is 0 Å². The van der Waals surface area contributed by atoms with Gasteiger partial charge in [0.15, 0.2) is 5.54 Å². The summed E-state index contributed by atoms with van der Waals surface area (Å²) in [6.07, 6.45) is 0. The van der Waals surface area contributed by atoms with Gasteiger partial charge < -0.3 is 4.74 Å². The van der Waals surface area contributed by atoms with Crippen molar-refractivity contribution in [3.05, 3.63) is 71.3 Å². The normalized spacial score (nSPS) is 20.6. The molecule has 0 radical (unpaired) electrons. The van der Waals surface area contributed by atoms with Gasteiger partial charge in [-0.3, -0.25) is 0 Å².